The van der Waals surface area contributed by atoms with Gasteiger partial charge in [-0.15, -0.1) is 0 Å². The molecule has 6 bridgehead atoms. The van der Waals surface area contributed by atoms with Crippen LogP contribution >= 0.6 is 0 Å². The molecule has 7 rings (SSSR count). The van der Waals surface area contributed by atoms with Gasteiger partial charge in [-0.25, -0.2) is 5.43 Å². The average molecular weight is 959 g/mol. The van der Waals surface area contributed by atoms with Gasteiger partial charge in [0.1, 0.15) is 23.9 Å². The highest BCUT2D eigenvalue weighted by atomic mass is 16.5. The second kappa shape index (κ2) is 21.8. The Morgan fingerprint density at radius 2 is 1.81 bits per heavy atom. The number of hydrogen-bond acceptors (Lipinski definition) is 11. The number of nitrogens with one attached hydrogen (secondary N) is 2. The van der Waals surface area contributed by atoms with E-state index < -0.39 is 47.2 Å². The van der Waals surface area contributed by atoms with Crippen LogP contribution in [0.1, 0.15) is 83.6 Å². The van der Waals surface area contributed by atoms with Gasteiger partial charge >= 0.3 is 5.97 Å². The SMILES string of the molecule is CCn1c(-c2cnccc2[C@H](C)OC)c2c3cc(ccc31)-c1cc(O)cc(c1)C[C@H](NC(=O)C(C(C)C)N(C)C(=O)[C@H]1CCN(C(=O)C#CCN(C)C)C1)C(=O)N1CCC[C@H](N1)C(=O)OCC(C)(C)C2. The number of phenols is 1. The van der Waals surface area contributed by atoms with Crippen molar-refractivity contribution in [3.8, 4) is 40.0 Å². The van der Waals surface area contributed by atoms with Crippen LogP contribution in [0.4, 0.5) is 0 Å². The summed E-state index contributed by atoms with van der Waals surface area (Å²) < 4.78 is 14.3. The summed E-state index contributed by atoms with van der Waals surface area (Å²) in [6.45, 7) is 14.0. The highest BCUT2D eigenvalue weighted by Crippen LogP contribution is 2.42. The number of likely N-dealkylation sites (N-methyl/N-ethyl adjacent to an activating group) is 1. The molecule has 4 aromatic rings. The van der Waals surface area contributed by atoms with Crippen LogP contribution in [0.5, 0.6) is 5.75 Å². The average Bonchev–Trinajstić information content (AvgIpc) is 3.94. The van der Waals surface area contributed by atoms with E-state index in [0.29, 0.717) is 56.4 Å². The van der Waals surface area contributed by atoms with Gasteiger partial charge in [0.15, 0.2) is 0 Å². The number of amides is 4. The predicted molar refractivity (Wildman–Crippen MR) is 268 cm³/mol. The lowest BCUT2D eigenvalue weighted by Gasteiger charge is -2.37. The van der Waals surface area contributed by atoms with E-state index in [9.17, 15) is 29.1 Å². The lowest BCUT2D eigenvalue weighted by Crippen LogP contribution is -2.62. The number of cyclic esters (lactones) is 1. The second-order valence-corrected chi connectivity index (χ2v) is 20.5. The van der Waals surface area contributed by atoms with E-state index in [0.717, 1.165) is 38.9 Å². The Morgan fingerprint density at radius 1 is 1.04 bits per heavy atom. The molecule has 0 aliphatic carbocycles. The number of methoxy groups -OCH3 is 1. The van der Waals surface area contributed by atoms with Crippen molar-refractivity contribution in [2.24, 2.45) is 17.3 Å². The predicted octanol–water partition coefficient (Wildman–Crippen LogP) is 5.35. The third kappa shape index (κ3) is 11.3. The van der Waals surface area contributed by atoms with Gasteiger partial charge in [-0.1, -0.05) is 45.7 Å². The topological polar surface area (TPSA) is 179 Å². The number of rotatable bonds is 10. The van der Waals surface area contributed by atoms with Crippen LogP contribution in [0.2, 0.25) is 0 Å². The summed E-state index contributed by atoms with van der Waals surface area (Å²) in [5, 5.41) is 16.8. The lowest BCUT2D eigenvalue weighted by atomic mass is 9.84. The van der Waals surface area contributed by atoms with E-state index in [2.05, 4.69) is 65.0 Å². The number of nitrogens with zero attached hydrogens (tertiary/aromatic N) is 6. The Kier molecular flexibility index (Phi) is 16.0. The zero-order chi connectivity index (χ0) is 50.6. The quantitative estimate of drug-likeness (QED) is 0.138. The summed E-state index contributed by atoms with van der Waals surface area (Å²) in [5.41, 5.74) is 9.70. The van der Waals surface area contributed by atoms with Crippen LogP contribution in [0.25, 0.3) is 33.3 Å². The largest absolute Gasteiger partial charge is 0.508 e. The molecule has 3 aliphatic rings. The van der Waals surface area contributed by atoms with Gasteiger partial charge < -0.3 is 34.3 Å². The summed E-state index contributed by atoms with van der Waals surface area (Å²) in [6, 6.07) is 10.5. The standard InChI is InChI=1S/C54H70N8O8/c1-11-61-46-17-16-36-28-41(46)42(49(61)43-30-55-20-18-40(43)34(4)69-10)29-54(5,6)32-70-53(68)44-14-12-22-62(57-44)52(67)45(26-35-24-38(36)27-39(63)25-35)56-50(65)48(33(2)3)59(9)51(66)37-19-23-60(31-37)47(64)15-13-21-58(7)8/h16-18,20,24-25,27-28,30,33-34,37,44-45,48,57,63H,11-12,14,19,21-23,26,29,31-32H2,1-10H3,(H,56,65)/t34-,37-,44-,45-,48?/m0/s1. The van der Waals surface area contributed by atoms with Crippen LogP contribution < -0.4 is 10.7 Å². The number of benzene rings is 2. The van der Waals surface area contributed by atoms with Crippen LogP contribution in [0.15, 0.2) is 54.9 Å². The Hall–Kier alpha value is -6.28. The van der Waals surface area contributed by atoms with E-state index in [4.69, 9.17) is 9.47 Å². The summed E-state index contributed by atoms with van der Waals surface area (Å²) >= 11 is 0. The molecule has 3 N–H and O–H groups in total. The molecule has 2 saturated heterocycles. The molecule has 0 spiro atoms. The van der Waals surface area contributed by atoms with Crippen LogP contribution in [-0.2, 0) is 52.8 Å². The molecule has 16 heteroatoms. The number of esters is 1. The van der Waals surface area contributed by atoms with Gasteiger partial charge in [-0.2, -0.15) is 0 Å². The highest BCUT2D eigenvalue weighted by Gasteiger charge is 2.40. The smallest absolute Gasteiger partial charge is 0.324 e. The molecule has 2 aromatic heterocycles. The molecule has 5 atom stereocenters. The number of carbonyl (C=O) groups excluding carboxylic acids is 5. The number of phenolic OH excluding ortho intramolecular Hbond substituents is 1. The molecule has 16 nitrogen and oxygen atoms in total. The fourth-order valence-electron chi connectivity index (χ4n) is 10.2. The molecule has 3 aliphatic heterocycles. The summed E-state index contributed by atoms with van der Waals surface area (Å²) in [6.07, 6.45) is 5.33. The molecule has 2 fully saturated rings. The number of hydrazine groups is 1. The van der Waals surface area contributed by atoms with Crippen molar-refractivity contribution in [2.75, 3.05) is 61.0 Å². The Morgan fingerprint density at radius 3 is 2.53 bits per heavy atom. The van der Waals surface area contributed by atoms with E-state index >= 15 is 0 Å². The van der Waals surface area contributed by atoms with E-state index in [1.165, 1.54) is 9.91 Å². The number of carbonyl (C=O) groups is 5. The zero-order valence-electron chi connectivity index (χ0n) is 42.4. The van der Waals surface area contributed by atoms with E-state index in [-0.39, 0.29) is 55.7 Å². The van der Waals surface area contributed by atoms with Gasteiger partial charge in [0.05, 0.1) is 30.9 Å². The number of ether oxygens (including phenoxy) is 2. The first kappa shape index (κ1) is 51.6. The van der Waals surface area contributed by atoms with Gasteiger partial charge in [0.2, 0.25) is 11.8 Å². The highest BCUT2D eigenvalue weighted by molar-refractivity contribution is 5.97. The first-order valence-corrected chi connectivity index (χ1v) is 24.5. The number of aromatic hydroxyl groups is 1. The van der Waals surface area contributed by atoms with Crippen molar-refractivity contribution in [1.29, 1.82) is 0 Å². The number of fused-ring (bicyclic) bond motifs is 6. The Labute approximate surface area is 412 Å². The Balaban J connectivity index is 1.26. The molecule has 0 saturated carbocycles. The van der Waals surface area contributed by atoms with Crippen molar-refractivity contribution in [3.63, 3.8) is 0 Å². The van der Waals surface area contributed by atoms with Crippen molar-refractivity contribution in [1.82, 2.24) is 40.0 Å². The third-order valence-electron chi connectivity index (χ3n) is 13.8. The van der Waals surface area contributed by atoms with Crippen molar-refractivity contribution in [2.45, 2.75) is 104 Å². The van der Waals surface area contributed by atoms with Crippen LogP contribution in [-0.4, -0.2) is 143 Å². The molecule has 4 amide bonds. The van der Waals surface area contributed by atoms with E-state index in [1.807, 2.05) is 64.2 Å². The molecule has 1 unspecified atom stereocenters. The minimum Gasteiger partial charge on any atom is -0.508 e. The molecule has 5 heterocycles. The number of likely N-dealkylation sites (tertiary alicyclic amines) is 1. The maximum atomic E-state index is 14.8. The van der Waals surface area contributed by atoms with Gasteiger partial charge in [0, 0.05) is 81.0 Å². The molecule has 2 aromatic carbocycles. The maximum Gasteiger partial charge on any atom is 0.324 e. The fourth-order valence-corrected chi connectivity index (χ4v) is 10.2. The van der Waals surface area contributed by atoms with Crippen LogP contribution in [0.3, 0.4) is 0 Å². The summed E-state index contributed by atoms with van der Waals surface area (Å²) in [7, 11) is 7.00. The molecular formula is C54H70N8O8. The summed E-state index contributed by atoms with van der Waals surface area (Å²) in [4.78, 5) is 79.8. The van der Waals surface area contributed by atoms with Crippen LogP contribution in [0, 0.1) is 29.1 Å². The van der Waals surface area contributed by atoms with Crippen molar-refractivity contribution >= 4 is 40.5 Å². The van der Waals surface area contributed by atoms with E-state index in [1.54, 1.807) is 37.4 Å². The number of aryl methyl sites for hydroxylation is 1. The minimum absolute atomic E-state index is 0.0154. The lowest BCUT2D eigenvalue weighted by molar-refractivity contribution is -0.155. The number of hydrogen-bond donors (Lipinski definition) is 3. The van der Waals surface area contributed by atoms with Gasteiger partial charge in [0.25, 0.3) is 11.8 Å². The number of pyridine rings is 1. The molecule has 374 valence electrons. The van der Waals surface area contributed by atoms with Crippen molar-refractivity contribution in [3.05, 3.63) is 71.5 Å². The monoisotopic (exact) mass is 959 g/mol. The Bertz CT molecular complexity index is 2680. The molecule has 0 radical (unpaired) electrons. The fraction of sp³-hybridized carbons (Fsp3) is 0.519. The minimum atomic E-state index is -1.18. The van der Waals surface area contributed by atoms with Crippen molar-refractivity contribution < 1.29 is 38.6 Å². The zero-order valence-corrected chi connectivity index (χ0v) is 42.4. The molecular weight excluding hydrogens is 889 g/mol. The molecule has 70 heavy (non-hydrogen) atoms. The number of aromatic nitrogens is 2. The first-order valence-electron chi connectivity index (χ1n) is 24.5. The normalized spacial score (nSPS) is 20.4. The maximum absolute atomic E-state index is 14.8. The summed E-state index contributed by atoms with van der Waals surface area (Å²) in [5.74, 6) is 2.49. The third-order valence-corrected chi connectivity index (χ3v) is 13.8. The van der Waals surface area contributed by atoms with Gasteiger partial charge in [-0.05, 0) is 124 Å². The second-order valence-electron chi connectivity index (χ2n) is 20.5. The van der Waals surface area contributed by atoms with Gasteiger partial charge in [-0.3, -0.25) is 38.9 Å². The first-order chi connectivity index (χ1) is 33.3.